The predicted molar refractivity (Wildman–Crippen MR) is 97.2 cm³/mol. The maximum Gasteiger partial charge on any atom is 0.0799 e. The summed E-state index contributed by atoms with van der Waals surface area (Å²) in [7, 11) is 0. The van der Waals surface area contributed by atoms with Gasteiger partial charge in [-0.2, -0.15) is 0 Å². The summed E-state index contributed by atoms with van der Waals surface area (Å²) in [6, 6.07) is 0. The molecule has 2 aliphatic rings. The summed E-state index contributed by atoms with van der Waals surface area (Å²) in [4.78, 5) is 2.69. The molecular weight excluding hydrogens is 268 g/mol. The SMILES string of the molecule is CCCCCCCCC[N+]1(CCCN2CCCC2)CCCC1. The molecule has 0 aromatic carbocycles. The van der Waals surface area contributed by atoms with Crippen LogP contribution in [0.25, 0.3) is 0 Å². The highest BCUT2D eigenvalue weighted by Gasteiger charge is 2.30. The number of likely N-dealkylation sites (tertiary alicyclic amines) is 2. The van der Waals surface area contributed by atoms with Gasteiger partial charge in [-0.15, -0.1) is 0 Å². The lowest BCUT2D eigenvalue weighted by Gasteiger charge is -2.35. The van der Waals surface area contributed by atoms with Gasteiger partial charge in [0.2, 0.25) is 0 Å². The molecule has 0 spiro atoms. The lowest BCUT2D eigenvalue weighted by Crippen LogP contribution is -2.47. The van der Waals surface area contributed by atoms with E-state index in [2.05, 4.69) is 11.8 Å². The van der Waals surface area contributed by atoms with E-state index in [1.807, 2.05) is 0 Å². The van der Waals surface area contributed by atoms with Gasteiger partial charge in [0.1, 0.15) is 0 Å². The van der Waals surface area contributed by atoms with Gasteiger partial charge in [-0.1, -0.05) is 39.0 Å². The number of hydrogen-bond acceptors (Lipinski definition) is 1. The predicted octanol–water partition coefficient (Wildman–Crippen LogP) is 4.83. The second-order valence-corrected chi connectivity index (χ2v) is 7.97. The van der Waals surface area contributed by atoms with Crippen molar-refractivity contribution in [2.24, 2.45) is 0 Å². The number of nitrogens with zero attached hydrogens (tertiary/aromatic N) is 2. The van der Waals surface area contributed by atoms with Gasteiger partial charge in [0.25, 0.3) is 0 Å². The highest BCUT2D eigenvalue weighted by atomic mass is 15.4. The lowest BCUT2D eigenvalue weighted by molar-refractivity contribution is -0.917. The third kappa shape index (κ3) is 6.58. The minimum absolute atomic E-state index is 1.37. The maximum atomic E-state index is 2.69. The zero-order valence-corrected chi connectivity index (χ0v) is 15.3. The van der Waals surface area contributed by atoms with Gasteiger partial charge in [0.05, 0.1) is 26.2 Å². The van der Waals surface area contributed by atoms with Crippen molar-refractivity contribution in [1.29, 1.82) is 0 Å². The second kappa shape index (κ2) is 10.6. The lowest BCUT2D eigenvalue weighted by atomic mass is 10.1. The van der Waals surface area contributed by atoms with Gasteiger partial charge in [0.15, 0.2) is 0 Å². The highest BCUT2D eigenvalue weighted by molar-refractivity contribution is 4.66. The van der Waals surface area contributed by atoms with Crippen LogP contribution in [0.1, 0.15) is 84.0 Å². The van der Waals surface area contributed by atoms with Gasteiger partial charge >= 0.3 is 0 Å². The van der Waals surface area contributed by atoms with Gasteiger partial charge in [0, 0.05) is 25.8 Å². The fourth-order valence-electron chi connectivity index (χ4n) is 4.61. The first-order valence-corrected chi connectivity index (χ1v) is 10.4. The zero-order valence-electron chi connectivity index (χ0n) is 15.3. The van der Waals surface area contributed by atoms with Crippen LogP contribution in [0.4, 0.5) is 0 Å². The molecule has 0 aliphatic carbocycles. The summed E-state index contributed by atoms with van der Waals surface area (Å²) in [6.45, 7) is 12.3. The van der Waals surface area contributed by atoms with Gasteiger partial charge in [-0.25, -0.2) is 0 Å². The summed E-state index contributed by atoms with van der Waals surface area (Å²) < 4.78 is 1.48. The number of rotatable bonds is 12. The first kappa shape index (κ1) is 18.3. The Hall–Kier alpha value is -0.0800. The molecule has 2 nitrogen and oxygen atoms in total. The Labute approximate surface area is 139 Å². The average molecular weight is 310 g/mol. The van der Waals surface area contributed by atoms with Crippen LogP contribution in [-0.2, 0) is 0 Å². The van der Waals surface area contributed by atoms with Crippen molar-refractivity contribution >= 4 is 0 Å². The van der Waals surface area contributed by atoms with Crippen LogP contribution in [0.15, 0.2) is 0 Å². The van der Waals surface area contributed by atoms with Gasteiger partial charge in [-0.3, -0.25) is 0 Å². The summed E-state index contributed by atoms with van der Waals surface area (Å²) in [5.74, 6) is 0. The Balaban J connectivity index is 1.56. The van der Waals surface area contributed by atoms with Crippen LogP contribution in [0.3, 0.4) is 0 Å². The summed E-state index contributed by atoms with van der Waals surface area (Å²) in [5, 5.41) is 0. The van der Waals surface area contributed by atoms with E-state index in [-0.39, 0.29) is 0 Å². The van der Waals surface area contributed by atoms with E-state index in [4.69, 9.17) is 0 Å². The molecule has 2 heteroatoms. The Morgan fingerprint density at radius 1 is 0.682 bits per heavy atom. The molecule has 0 atom stereocenters. The van der Waals surface area contributed by atoms with Gasteiger partial charge in [-0.05, 0) is 38.8 Å². The monoisotopic (exact) mass is 309 g/mol. The quantitative estimate of drug-likeness (QED) is 0.368. The fraction of sp³-hybridized carbons (Fsp3) is 1.00. The van der Waals surface area contributed by atoms with Crippen LogP contribution < -0.4 is 0 Å². The first-order chi connectivity index (χ1) is 10.8. The minimum atomic E-state index is 1.37. The van der Waals surface area contributed by atoms with E-state index >= 15 is 0 Å². The summed E-state index contributed by atoms with van der Waals surface area (Å²) in [5.41, 5.74) is 0. The molecule has 2 rings (SSSR count). The third-order valence-electron chi connectivity index (χ3n) is 6.06. The van der Waals surface area contributed by atoms with E-state index < -0.39 is 0 Å². The topological polar surface area (TPSA) is 3.24 Å². The van der Waals surface area contributed by atoms with Crippen molar-refractivity contribution in [3.8, 4) is 0 Å². The summed E-state index contributed by atoms with van der Waals surface area (Å²) in [6.07, 6.45) is 17.5. The third-order valence-corrected chi connectivity index (χ3v) is 6.06. The number of hydrogen-bond donors (Lipinski definition) is 0. The minimum Gasteiger partial charge on any atom is -0.324 e. The summed E-state index contributed by atoms with van der Waals surface area (Å²) >= 11 is 0. The van der Waals surface area contributed by atoms with Crippen molar-refractivity contribution in [1.82, 2.24) is 4.90 Å². The molecule has 0 bridgehead atoms. The van der Waals surface area contributed by atoms with Crippen LogP contribution in [-0.4, -0.2) is 55.2 Å². The molecule has 0 saturated carbocycles. The van der Waals surface area contributed by atoms with E-state index in [1.54, 1.807) is 0 Å². The van der Waals surface area contributed by atoms with Crippen molar-refractivity contribution in [2.75, 3.05) is 45.8 Å². The molecule has 130 valence electrons. The van der Waals surface area contributed by atoms with Crippen molar-refractivity contribution in [3.63, 3.8) is 0 Å². The standard InChI is InChI=1S/C20H41N2/c1-2-3-4-5-6-7-10-17-22(18-11-12-19-22)20-13-16-21-14-8-9-15-21/h2-20H2,1H3/q+1. The van der Waals surface area contributed by atoms with E-state index in [0.29, 0.717) is 0 Å². The molecule has 2 fully saturated rings. The molecule has 2 heterocycles. The molecule has 0 amide bonds. The van der Waals surface area contributed by atoms with Gasteiger partial charge < -0.3 is 9.38 Å². The second-order valence-electron chi connectivity index (χ2n) is 7.97. The smallest absolute Gasteiger partial charge is 0.0799 e. The first-order valence-electron chi connectivity index (χ1n) is 10.4. The normalized spacial score (nSPS) is 21.7. The molecule has 0 N–H and O–H groups in total. The molecule has 2 aliphatic heterocycles. The maximum absolute atomic E-state index is 2.69. The molecule has 22 heavy (non-hydrogen) atoms. The zero-order chi connectivity index (χ0) is 15.5. The molecule has 0 aromatic heterocycles. The Morgan fingerprint density at radius 3 is 1.95 bits per heavy atom. The Kier molecular flexibility index (Phi) is 8.84. The van der Waals surface area contributed by atoms with Crippen LogP contribution >= 0.6 is 0 Å². The fourth-order valence-corrected chi connectivity index (χ4v) is 4.61. The largest absolute Gasteiger partial charge is 0.324 e. The Morgan fingerprint density at radius 2 is 1.27 bits per heavy atom. The number of unbranched alkanes of at least 4 members (excludes halogenated alkanes) is 6. The average Bonchev–Trinajstić information content (AvgIpc) is 3.19. The highest BCUT2D eigenvalue weighted by Crippen LogP contribution is 2.22. The van der Waals surface area contributed by atoms with Crippen LogP contribution in [0.2, 0.25) is 0 Å². The van der Waals surface area contributed by atoms with Crippen LogP contribution in [0.5, 0.6) is 0 Å². The van der Waals surface area contributed by atoms with Crippen molar-refractivity contribution < 1.29 is 4.48 Å². The Bertz CT molecular complexity index is 265. The van der Waals surface area contributed by atoms with E-state index in [9.17, 15) is 0 Å². The van der Waals surface area contributed by atoms with E-state index in [0.717, 1.165) is 0 Å². The molecule has 0 unspecified atom stereocenters. The molecule has 0 radical (unpaired) electrons. The van der Waals surface area contributed by atoms with E-state index in [1.165, 1.54) is 127 Å². The van der Waals surface area contributed by atoms with Crippen molar-refractivity contribution in [3.05, 3.63) is 0 Å². The number of quaternary nitrogens is 1. The molecule has 2 saturated heterocycles. The van der Waals surface area contributed by atoms with Crippen molar-refractivity contribution in [2.45, 2.75) is 84.0 Å². The molecular formula is C20H41N2+. The molecule has 0 aromatic rings. The van der Waals surface area contributed by atoms with Crippen LogP contribution in [0, 0.1) is 0 Å².